The Bertz CT molecular complexity index is 438. The summed E-state index contributed by atoms with van der Waals surface area (Å²) >= 11 is 1.76. The van der Waals surface area contributed by atoms with Gasteiger partial charge in [-0.1, -0.05) is 36.3 Å². The second-order valence-electron chi connectivity index (χ2n) is 4.52. The lowest BCUT2D eigenvalue weighted by Crippen LogP contribution is -2.10. The van der Waals surface area contributed by atoms with Crippen molar-refractivity contribution in [2.24, 2.45) is 5.92 Å². The molecule has 1 fully saturated rings. The fourth-order valence-corrected chi connectivity index (χ4v) is 3.27. The van der Waals surface area contributed by atoms with E-state index in [1.54, 1.807) is 11.3 Å². The maximum atomic E-state index is 4.58. The third kappa shape index (κ3) is 2.05. The number of nitrogens with one attached hydrogen (secondary N) is 1. The Morgan fingerprint density at radius 2 is 2.06 bits per heavy atom. The molecule has 1 aliphatic carbocycles. The maximum Gasteiger partial charge on any atom is 0.183 e. The molecule has 0 unspecified atom stereocenters. The molecule has 1 aromatic heterocycles. The van der Waals surface area contributed by atoms with Crippen molar-refractivity contribution >= 4 is 26.7 Å². The molecule has 2 nitrogen and oxygen atoms in total. The van der Waals surface area contributed by atoms with Crippen molar-refractivity contribution in [3.63, 3.8) is 0 Å². The number of benzene rings is 1. The summed E-state index contributed by atoms with van der Waals surface area (Å²) in [6.45, 7) is 1.10. The molecule has 1 aliphatic rings. The molecule has 3 heteroatoms. The van der Waals surface area contributed by atoms with Gasteiger partial charge in [-0.2, -0.15) is 0 Å². The number of hydrogen-bond acceptors (Lipinski definition) is 3. The van der Waals surface area contributed by atoms with Gasteiger partial charge >= 0.3 is 0 Å². The third-order valence-corrected chi connectivity index (χ3v) is 4.30. The predicted molar refractivity (Wildman–Crippen MR) is 70.1 cm³/mol. The van der Waals surface area contributed by atoms with E-state index < -0.39 is 0 Å². The van der Waals surface area contributed by atoms with Crippen LogP contribution in [0.3, 0.4) is 0 Å². The molecule has 3 rings (SSSR count). The number of nitrogens with zero attached hydrogens (tertiary/aromatic N) is 1. The van der Waals surface area contributed by atoms with E-state index in [0.29, 0.717) is 0 Å². The summed E-state index contributed by atoms with van der Waals surface area (Å²) in [6, 6.07) is 8.32. The van der Waals surface area contributed by atoms with Crippen LogP contribution in [0.25, 0.3) is 10.2 Å². The van der Waals surface area contributed by atoms with Crippen LogP contribution in [0.1, 0.15) is 25.7 Å². The zero-order chi connectivity index (χ0) is 10.8. The number of fused-ring (bicyclic) bond motifs is 1. The van der Waals surface area contributed by atoms with Crippen molar-refractivity contribution in [1.29, 1.82) is 0 Å². The zero-order valence-electron chi connectivity index (χ0n) is 9.28. The summed E-state index contributed by atoms with van der Waals surface area (Å²) in [6.07, 6.45) is 5.59. The van der Waals surface area contributed by atoms with Crippen molar-refractivity contribution in [2.45, 2.75) is 25.7 Å². The minimum Gasteiger partial charge on any atom is -0.361 e. The van der Waals surface area contributed by atoms with E-state index >= 15 is 0 Å². The van der Waals surface area contributed by atoms with Crippen LogP contribution in [-0.2, 0) is 0 Å². The Labute approximate surface area is 99.7 Å². The molecule has 1 heterocycles. The minimum atomic E-state index is 0.868. The van der Waals surface area contributed by atoms with E-state index in [-0.39, 0.29) is 0 Å². The fourth-order valence-electron chi connectivity index (χ4n) is 2.39. The quantitative estimate of drug-likeness (QED) is 0.868. The number of rotatable bonds is 3. The molecule has 1 saturated carbocycles. The van der Waals surface area contributed by atoms with E-state index in [2.05, 4.69) is 28.5 Å². The van der Waals surface area contributed by atoms with Gasteiger partial charge in [0.15, 0.2) is 5.13 Å². The number of thiazole rings is 1. The van der Waals surface area contributed by atoms with E-state index in [4.69, 9.17) is 0 Å². The Hall–Kier alpha value is -1.09. The van der Waals surface area contributed by atoms with Gasteiger partial charge in [-0.3, -0.25) is 0 Å². The number of para-hydroxylation sites is 1. The lowest BCUT2D eigenvalue weighted by Gasteiger charge is -2.08. The smallest absolute Gasteiger partial charge is 0.183 e. The maximum absolute atomic E-state index is 4.58. The van der Waals surface area contributed by atoms with E-state index in [0.717, 1.165) is 23.1 Å². The van der Waals surface area contributed by atoms with Gasteiger partial charge in [0.05, 0.1) is 10.2 Å². The highest BCUT2D eigenvalue weighted by Crippen LogP contribution is 2.28. The Morgan fingerprint density at radius 1 is 1.25 bits per heavy atom. The van der Waals surface area contributed by atoms with Crippen molar-refractivity contribution < 1.29 is 0 Å². The van der Waals surface area contributed by atoms with Crippen LogP contribution in [0.2, 0.25) is 0 Å². The average Bonchev–Trinajstić information content (AvgIpc) is 2.95. The molecule has 1 aromatic carbocycles. The van der Waals surface area contributed by atoms with Crippen molar-refractivity contribution in [1.82, 2.24) is 4.98 Å². The number of anilines is 1. The molecular weight excluding hydrogens is 216 g/mol. The second kappa shape index (κ2) is 4.42. The van der Waals surface area contributed by atoms with Crippen LogP contribution < -0.4 is 5.32 Å². The van der Waals surface area contributed by atoms with Crippen molar-refractivity contribution in [3.05, 3.63) is 24.3 Å². The fraction of sp³-hybridized carbons (Fsp3) is 0.462. The van der Waals surface area contributed by atoms with Gasteiger partial charge in [0, 0.05) is 6.54 Å². The van der Waals surface area contributed by atoms with Gasteiger partial charge in [0.1, 0.15) is 0 Å². The molecule has 0 saturated heterocycles. The molecule has 0 aliphatic heterocycles. The average molecular weight is 232 g/mol. The summed E-state index contributed by atoms with van der Waals surface area (Å²) in [5.74, 6) is 0.868. The second-order valence-corrected chi connectivity index (χ2v) is 5.55. The van der Waals surface area contributed by atoms with Crippen LogP contribution in [0.4, 0.5) is 5.13 Å². The molecule has 0 radical (unpaired) electrons. The van der Waals surface area contributed by atoms with Crippen LogP contribution in [0.15, 0.2) is 24.3 Å². The molecule has 0 atom stereocenters. The van der Waals surface area contributed by atoms with Gasteiger partial charge in [0.25, 0.3) is 0 Å². The first-order valence-corrected chi connectivity index (χ1v) is 6.83. The summed E-state index contributed by atoms with van der Waals surface area (Å²) in [7, 11) is 0. The highest BCUT2D eigenvalue weighted by molar-refractivity contribution is 7.22. The zero-order valence-corrected chi connectivity index (χ0v) is 10.1. The first-order valence-electron chi connectivity index (χ1n) is 6.01. The molecular formula is C13H16N2S. The molecule has 0 bridgehead atoms. The Balaban J connectivity index is 1.69. The standard InChI is InChI=1S/C13H16N2S/c1-2-6-10(5-1)9-14-13-15-11-7-3-4-8-12(11)16-13/h3-4,7-8,10H,1-2,5-6,9H2,(H,14,15). The minimum absolute atomic E-state index is 0.868. The van der Waals surface area contributed by atoms with Crippen LogP contribution in [-0.4, -0.2) is 11.5 Å². The monoisotopic (exact) mass is 232 g/mol. The van der Waals surface area contributed by atoms with Crippen molar-refractivity contribution in [3.8, 4) is 0 Å². The number of aromatic nitrogens is 1. The first kappa shape index (κ1) is 10.1. The normalized spacial score (nSPS) is 17.0. The number of hydrogen-bond donors (Lipinski definition) is 1. The first-order chi connectivity index (χ1) is 7.92. The third-order valence-electron chi connectivity index (χ3n) is 3.31. The highest BCUT2D eigenvalue weighted by atomic mass is 32.1. The van der Waals surface area contributed by atoms with E-state index in [9.17, 15) is 0 Å². The topological polar surface area (TPSA) is 24.9 Å². The summed E-state index contributed by atoms with van der Waals surface area (Å²) in [5, 5.41) is 4.56. The highest BCUT2D eigenvalue weighted by Gasteiger charge is 2.14. The van der Waals surface area contributed by atoms with E-state index in [1.165, 1.54) is 30.4 Å². The van der Waals surface area contributed by atoms with Gasteiger partial charge in [-0.05, 0) is 30.9 Å². The van der Waals surface area contributed by atoms with Gasteiger partial charge in [0.2, 0.25) is 0 Å². The Kier molecular flexibility index (Phi) is 2.79. The van der Waals surface area contributed by atoms with Crippen LogP contribution >= 0.6 is 11.3 Å². The van der Waals surface area contributed by atoms with E-state index in [1.807, 2.05) is 6.07 Å². The summed E-state index contributed by atoms with van der Waals surface area (Å²) < 4.78 is 1.27. The van der Waals surface area contributed by atoms with Gasteiger partial charge in [-0.25, -0.2) is 4.98 Å². The van der Waals surface area contributed by atoms with Gasteiger partial charge in [-0.15, -0.1) is 0 Å². The largest absolute Gasteiger partial charge is 0.361 e. The van der Waals surface area contributed by atoms with Gasteiger partial charge < -0.3 is 5.32 Å². The summed E-state index contributed by atoms with van der Waals surface area (Å²) in [5.41, 5.74) is 1.11. The molecule has 2 aromatic rings. The Morgan fingerprint density at radius 3 is 2.88 bits per heavy atom. The van der Waals surface area contributed by atoms with Crippen LogP contribution in [0.5, 0.6) is 0 Å². The van der Waals surface area contributed by atoms with Crippen LogP contribution in [0, 0.1) is 5.92 Å². The molecule has 84 valence electrons. The molecule has 1 N–H and O–H groups in total. The molecule has 0 amide bonds. The van der Waals surface area contributed by atoms with Crippen molar-refractivity contribution in [2.75, 3.05) is 11.9 Å². The summed E-state index contributed by atoms with van der Waals surface area (Å²) in [4.78, 5) is 4.58. The lowest BCUT2D eigenvalue weighted by atomic mass is 10.1. The lowest BCUT2D eigenvalue weighted by molar-refractivity contribution is 0.580. The molecule has 0 spiro atoms. The predicted octanol–water partition coefficient (Wildman–Crippen LogP) is 3.90. The SMILES string of the molecule is c1ccc2sc(NCC3CCCC3)nc2c1. The molecule has 16 heavy (non-hydrogen) atoms.